The third-order valence-electron chi connectivity index (χ3n) is 3.18. The molecule has 1 heterocycles. The van der Waals surface area contributed by atoms with Crippen molar-refractivity contribution in [2.45, 2.75) is 12.5 Å². The van der Waals surface area contributed by atoms with Gasteiger partial charge in [0.2, 0.25) is 0 Å². The van der Waals surface area contributed by atoms with E-state index in [9.17, 15) is 4.79 Å². The molecule has 2 aromatic carbocycles. The Balaban J connectivity index is 2.06. The number of hydrogen-bond acceptors (Lipinski definition) is 3. The average Bonchev–Trinajstić information content (AvgIpc) is 2.76. The van der Waals surface area contributed by atoms with Gasteiger partial charge >= 0.3 is 5.97 Å². The number of carboxylic acids is 1. The van der Waals surface area contributed by atoms with Gasteiger partial charge in [-0.1, -0.05) is 22.0 Å². The minimum absolute atomic E-state index is 0.185. The predicted molar refractivity (Wildman–Crippen MR) is 80.6 cm³/mol. The van der Waals surface area contributed by atoms with Crippen LogP contribution in [-0.4, -0.2) is 27.1 Å². The van der Waals surface area contributed by atoms with Crippen LogP contribution in [0.15, 0.2) is 34.8 Å². The molecular weight excluding hydrogens is 322 g/mol. The molecule has 102 valence electrons. The first-order valence-corrected chi connectivity index (χ1v) is 6.88. The maximum atomic E-state index is 10.8. The Morgan fingerprint density at radius 3 is 2.90 bits per heavy atom. The van der Waals surface area contributed by atoms with Gasteiger partial charge in [-0.3, -0.25) is 4.79 Å². The lowest BCUT2D eigenvalue weighted by molar-refractivity contribution is -0.138. The first-order chi connectivity index (χ1) is 9.52. The Labute approximate surface area is 122 Å². The number of nitrogens with two attached hydrogens (primary N) is 1. The molecule has 0 spiro atoms. The van der Waals surface area contributed by atoms with E-state index in [2.05, 4.69) is 25.9 Å². The Hall–Kier alpha value is -1.92. The third-order valence-corrected chi connectivity index (χ3v) is 3.67. The third kappa shape index (κ3) is 2.39. The summed E-state index contributed by atoms with van der Waals surface area (Å²) in [5.41, 5.74) is 7.21. The predicted octanol–water partition coefficient (Wildman–Crippen LogP) is 2.43. The summed E-state index contributed by atoms with van der Waals surface area (Å²) in [7, 11) is 0. The van der Waals surface area contributed by atoms with Gasteiger partial charge in [0.25, 0.3) is 0 Å². The van der Waals surface area contributed by atoms with E-state index >= 15 is 0 Å². The summed E-state index contributed by atoms with van der Waals surface area (Å²) in [6.07, 6.45) is 0.185. The average molecular weight is 334 g/mol. The summed E-state index contributed by atoms with van der Waals surface area (Å²) in [5.74, 6) is -0.441. The van der Waals surface area contributed by atoms with Crippen molar-refractivity contribution >= 4 is 43.7 Å². The largest absolute Gasteiger partial charge is 0.480 e. The first-order valence-electron chi connectivity index (χ1n) is 6.09. The molecule has 4 N–H and O–H groups in total. The highest BCUT2D eigenvalue weighted by molar-refractivity contribution is 9.10. The quantitative estimate of drug-likeness (QED) is 0.686. The number of fused-ring (bicyclic) bond motifs is 2. The minimum atomic E-state index is -1.03. The van der Waals surface area contributed by atoms with E-state index in [0.29, 0.717) is 5.82 Å². The zero-order chi connectivity index (χ0) is 14.3. The highest BCUT2D eigenvalue weighted by Crippen LogP contribution is 2.24. The standard InChI is InChI=1S/C14H12BrN3O2/c15-9-2-1-7-4-11-12(5-8(7)3-9)18-13(17-11)6-10(16)14(19)20/h1-5,10H,6,16H2,(H,17,18)(H,19,20)/t10-/m1/s1. The maximum absolute atomic E-state index is 10.8. The van der Waals surface area contributed by atoms with Gasteiger partial charge in [0.05, 0.1) is 11.0 Å². The number of carboxylic acid groups (broad SMARTS) is 1. The first kappa shape index (κ1) is 13.1. The summed E-state index contributed by atoms with van der Waals surface area (Å²) < 4.78 is 1.01. The van der Waals surface area contributed by atoms with Crippen molar-refractivity contribution in [1.29, 1.82) is 0 Å². The number of hydrogen-bond donors (Lipinski definition) is 3. The van der Waals surface area contributed by atoms with E-state index in [1.807, 2.05) is 30.3 Å². The van der Waals surface area contributed by atoms with Crippen molar-refractivity contribution in [3.63, 3.8) is 0 Å². The monoisotopic (exact) mass is 333 g/mol. The Kier molecular flexibility index (Phi) is 3.19. The van der Waals surface area contributed by atoms with Gasteiger partial charge in [0.1, 0.15) is 11.9 Å². The molecule has 0 radical (unpaired) electrons. The van der Waals surface area contributed by atoms with E-state index in [-0.39, 0.29) is 6.42 Å². The van der Waals surface area contributed by atoms with Gasteiger partial charge in [-0.2, -0.15) is 0 Å². The fraction of sp³-hybridized carbons (Fsp3) is 0.143. The molecule has 0 unspecified atom stereocenters. The number of rotatable bonds is 3. The van der Waals surface area contributed by atoms with Crippen LogP contribution in [0.4, 0.5) is 0 Å². The number of carbonyl (C=O) groups is 1. The Morgan fingerprint density at radius 2 is 2.15 bits per heavy atom. The molecule has 0 amide bonds. The highest BCUT2D eigenvalue weighted by atomic mass is 79.9. The van der Waals surface area contributed by atoms with E-state index in [0.717, 1.165) is 26.3 Å². The van der Waals surface area contributed by atoms with Gasteiger partial charge < -0.3 is 15.8 Å². The van der Waals surface area contributed by atoms with Crippen LogP contribution in [0, 0.1) is 0 Å². The van der Waals surface area contributed by atoms with Gasteiger partial charge in [-0.25, -0.2) is 4.98 Å². The summed E-state index contributed by atoms with van der Waals surface area (Å²) in [6.45, 7) is 0. The highest BCUT2D eigenvalue weighted by Gasteiger charge is 2.14. The Bertz CT molecular complexity index is 813. The second-order valence-corrected chi connectivity index (χ2v) is 5.61. The van der Waals surface area contributed by atoms with Crippen LogP contribution in [0.5, 0.6) is 0 Å². The number of aromatic amines is 1. The molecule has 6 heteroatoms. The van der Waals surface area contributed by atoms with Crippen molar-refractivity contribution in [3.05, 3.63) is 40.6 Å². The van der Waals surface area contributed by atoms with E-state index in [1.54, 1.807) is 0 Å². The molecule has 0 saturated carbocycles. The normalized spacial score (nSPS) is 12.9. The molecule has 3 aromatic rings. The molecule has 1 atom stereocenters. The second-order valence-electron chi connectivity index (χ2n) is 4.69. The molecule has 20 heavy (non-hydrogen) atoms. The summed E-state index contributed by atoms with van der Waals surface area (Å²) in [5, 5.41) is 11.0. The van der Waals surface area contributed by atoms with Crippen molar-refractivity contribution in [2.75, 3.05) is 0 Å². The zero-order valence-corrected chi connectivity index (χ0v) is 12.0. The van der Waals surface area contributed by atoms with Crippen molar-refractivity contribution in [3.8, 4) is 0 Å². The molecule has 0 fully saturated rings. The summed E-state index contributed by atoms with van der Waals surface area (Å²) >= 11 is 3.44. The second kappa shape index (κ2) is 4.88. The molecule has 0 aliphatic carbocycles. The maximum Gasteiger partial charge on any atom is 0.320 e. The lowest BCUT2D eigenvalue weighted by Gasteiger charge is -2.01. The van der Waals surface area contributed by atoms with Crippen molar-refractivity contribution in [2.24, 2.45) is 5.73 Å². The van der Waals surface area contributed by atoms with Crippen LogP contribution in [-0.2, 0) is 11.2 Å². The van der Waals surface area contributed by atoms with Crippen LogP contribution < -0.4 is 5.73 Å². The minimum Gasteiger partial charge on any atom is -0.480 e. The molecule has 0 aliphatic heterocycles. The van der Waals surface area contributed by atoms with Crippen LogP contribution in [0.3, 0.4) is 0 Å². The molecular formula is C14H12BrN3O2. The van der Waals surface area contributed by atoms with Crippen LogP contribution in [0.1, 0.15) is 5.82 Å². The number of aliphatic carboxylic acids is 1. The van der Waals surface area contributed by atoms with Gasteiger partial charge in [-0.15, -0.1) is 0 Å². The number of benzene rings is 2. The topological polar surface area (TPSA) is 92.0 Å². The van der Waals surface area contributed by atoms with Crippen LogP contribution in [0.25, 0.3) is 21.8 Å². The van der Waals surface area contributed by atoms with Gasteiger partial charge in [0.15, 0.2) is 0 Å². The molecule has 1 aromatic heterocycles. The molecule has 3 rings (SSSR count). The van der Waals surface area contributed by atoms with Crippen molar-refractivity contribution < 1.29 is 9.90 Å². The van der Waals surface area contributed by atoms with Crippen molar-refractivity contribution in [1.82, 2.24) is 9.97 Å². The molecule has 0 aliphatic rings. The fourth-order valence-corrected chi connectivity index (χ4v) is 2.55. The number of H-pyrrole nitrogens is 1. The zero-order valence-electron chi connectivity index (χ0n) is 10.4. The summed E-state index contributed by atoms with van der Waals surface area (Å²) in [4.78, 5) is 18.3. The molecule has 0 bridgehead atoms. The molecule has 0 saturated heterocycles. The van der Waals surface area contributed by atoms with Gasteiger partial charge in [0, 0.05) is 10.9 Å². The number of nitrogens with zero attached hydrogens (tertiary/aromatic N) is 1. The smallest absolute Gasteiger partial charge is 0.320 e. The van der Waals surface area contributed by atoms with Crippen LogP contribution in [0.2, 0.25) is 0 Å². The summed E-state index contributed by atoms with van der Waals surface area (Å²) in [6, 6.07) is 9.04. The van der Waals surface area contributed by atoms with E-state index < -0.39 is 12.0 Å². The number of imidazole rings is 1. The van der Waals surface area contributed by atoms with E-state index in [4.69, 9.17) is 10.8 Å². The number of halogens is 1. The lowest BCUT2D eigenvalue weighted by Crippen LogP contribution is -2.32. The van der Waals surface area contributed by atoms with Gasteiger partial charge in [-0.05, 0) is 35.0 Å². The fourth-order valence-electron chi connectivity index (χ4n) is 2.17. The van der Waals surface area contributed by atoms with E-state index in [1.165, 1.54) is 0 Å². The van der Waals surface area contributed by atoms with Crippen LogP contribution >= 0.6 is 15.9 Å². The Morgan fingerprint density at radius 1 is 1.35 bits per heavy atom. The number of aromatic nitrogens is 2. The SMILES string of the molecule is N[C@H](Cc1nc2cc3ccc(Br)cc3cc2[nH]1)C(=O)O. The number of nitrogens with one attached hydrogen (secondary N) is 1. The lowest BCUT2D eigenvalue weighted by atomic mass is 10.1. The molecule has 5 nitrogen and oxygen atoms in total.